The first-order chi connectivity index (χ1) is 9.78. The quantitative estimate of drug-likeness (QED) is 0.744. The molecule has 0 fully saturated rings. The average Bonchev–Trinajstić information content (AvgIpc) is 2.89. The van der Waals surface area contributed by atoms with Crippen molar-refractivity contribution >= 4 is 33.3 Å². The van der Waals surface area contributed by atoms with E-state index in [0.717, 1.165) is 26.7 Å². The first kappa shape index (κ1) is 13.6. The zero-order chi connectivity index (χ0) is 13.9. The van der Waals surface area contributed by atoms with Gasteiger partial charge in [-0.05, 0) is 30.2 Å². The van der Waals surface area contributed by atoms with E-state index in [1.165, 1.54) is 4.70 Å². The smallest absolute Gasteiger partial charge is 0.155 e. The van der Waals surface area contributed by atoms with Gasteiger partial charge < -0.3 is 5.11 Å². The Labute approximate surface area is 126 Å². The van der Waals surface area contributed by atoms with Gasteiger partial charge in [-0.3, -0.25) is 0 Å². The molecule has 1 heterocycles. The number of benzene rings is 2. The summed E-state index contributed by atoms with van der Waals surface area (Å²) in [5.74, 6) is 0. The third kappa shape index (κ3) is 2.73. The minimum Gasteiger partial charge on any atom is -0.388 e. The second kappa shape index (κ2) is 5.95. The Kier molecular flexibility index (Phi) is 4.05. The van der Waals surface area contributed by atoms with Gasteiger partial charge in [-0.2, -0.15) is 0 Å². The molecule has 0 saturated heterocycles. The Bertz CT molecular complexity index is 690. The number of hydrogen-bond donors (Lipinski definition) is 1. The SMILES string of the molecule is CC[C@@H](O)c1ccccc1Sc1nc2ccccc2s1. The van der Waals surface area contributed by atoms with Gasteiger partial charge in [0, 0.05) is 4.90 Å². The van der Waals surface area contributed by atoms with Crippen LogP contribution in [0.2, 0.25) is 0 Å². The van der Waals surface area contributed by atoms with E-state index in [4.69, 9.17) is 0 Å². The van der Waals surface area contributed by atoms with Crippen LogP contribution in [-0.4, -0.2) is 10.1 Å². The molecule has 0 radical (unpaired) electrons. The van der Waals surface area contributed by atoms with Crippen molar-refractivity contribution in [1.82, 2.24) is 4.98 Å². The fourth-order valence-corrected chi connectivity index (χ4v) is 4.26. The molecule has 2 aromatic carbocycles. The molecule has 0 aliphatic carbocycles. The molecule has 1 atom stereocenters. The third-order valence-electron chi connectivity index (χ3n) is 3.14. The van der Waals surface area contributed by atoms with Crippen LogP contribution in [0.4, 0.5) is 0 Å². The van der Waals surface area contributed by atoms with E-state index in [9.17, 15) is 5.11 Å². The number of hydrogen-bond acceptors (Lipinski definition) is 4. The maximum absolute atomic E-state index is 10.1. The molecule has 1 N–H and O–H groups in total. The van der Waals surface area contributed by atoms with Crippen molar-refractivity contribution in [1.29, 1.82) is 0 Å². The predicted molar refractivity (Wildman–Crippen MR) is 85.4 cm³/mol. The molecule has 0 aliphatic heterocycles. The largest absolute Gasteiger partial charge is 0.388 e. The van der Waals surface area contributed by atoms with Crippen LogP contribution in [0.5, 0.6) is 0 Å². The summed E-state index contributed by atoms with van der Waals surface area (Å²) in [4.78, 5) is 5.72. The highest BCUT2D eigenvalue weighted by Crippen LogP contribution is 2.37. The van der Waals surface area contributed by atoms with Crippen LogP contribution in [0.3, 0.4) is 0 Å². The van der Waals surface area contributed by atoms with Gasteiger partial charge in [0.25, 0.3) is 0 Å². The van der Waals surface area contributed by atoms with Crippen molar-refractivity contribution in [2.45, 2.75) is 28.7 Å². The van der Waals surface area contributed by atoms with Crippen molar-refractivity contribution < 1.29 is 5.11 Å². The van der Waals surface area contributed by atoms with Crippen molar-refractivity contribution in [3.05, 3.63) is 54.1 Å². The molecule has 0 aliphatic rings. The van der Waals surface area contributed by atoms with E-state index in [2.05, 4.69) is 11.1 Å². The van der Waals surface area contributed by atoms with Crippen molar-refractivity contribution in [2.75, 3.05) is 0 Å². The summed E-state index contributed by atoms with van der Waals surface area (Å²) >= 11 is 3.32. The molecule has 1 aromatic heterocycles. The summed E-state index contributed by atoms with van der Waals surface area (Å²) in [7, 11) is 0. The van der Waals surface area contributed by atoms with Gasteiger partial charge in [0.1, 0.15) is 0 Å². The monoisotopic (exact) mass is 301 g/mol. The first-order valence-corrected chi connectivity index (χ1v) is 8.21. The molecule has 0 unspecified atom stereocenters. The van der Waals surface area contributed by atoms with E-state index < -0.39 is 6.10 Å². The van der Waals surface area contributed by atoms with E-state index in [1.54, 1.807) is 23.1 Å². The van der Waals surface area contributed by atoms with Crippen LogP contribution in [0, 0.1) is 0 Å². The average molecular weight is 301 g/mol. The molecular formula is C16H15NOS2. The number of para-hydroxylation sites is 1. The molecule has 0 bridgehead atoms. The van der Waals surface area contributed by atoms with E-state index in [1.807, 2.05) is 49.4 Å². The molecule has 0 amide bonds. The normalized spacial score (nSPS) is 12.7. The van der Waals surface area contributed by atoms with Gasteiger partial charge >= 0.3 is 0 Å². The molecule has 0 saturated carbocycles. The number of thiazole rings is 1. The van der Waals surface area contributed by atoms with E-state index in [0.29, 0.717) is 0 Å². The Morgan fingerprint density at radius 3 is 2.70 bits per heavy atom. The summed E-state index contributed by atoms with van der Waals surface area (Å²) in [6, 6.07) is 16.2. The fraction of sp³-hybridized carbons (Fsp3) is 0.188. The lowest BCUT2D eigenvalue weighted by molar-refractivity contribution is 0.171. The van der Waals surface area contributed by atoms with Crippen LogP contribution >= 0.6 is 23.1 Å². The number of fused-ring (bicyclic) bond motifs is 1. The topological polar surface area (TPSA) is 33.1 Å². The third-order valence-corrected chi connectivity index (χ3v) is 5.32. The standard InChI is InChI=1S/C16H15NOS2/c1-2-13(18)11-7-3-5-9-14(11)19-16-17-12-8-4-6-10-15(12)20-16/h3-10,13,18H,2H2,1H3/t13-/m1/s1. The summed E-state index contributed by atoms with van der Waals surface area (Å²) in [6.07, 6.45) is 0.310. The number of nitrogens with zero attached hydrogens (tertiary/aromatic N) is 1. The van der Waals surface area contributed by atoms with Crippen LogP contribution in [0.25, 0.3) is 10.2 Å². The number of aliphatic hydroxyl groups is 1. The maximum atomic E-state index is 10.1. The fourth-order valence-electron chi connectivity index (χ4n) is 2.06. The van der Waals surface area contributed by atoms with Crippen LogP contribution < -0.4 is 0 Å². The Morgan fingerprint density at radius 1 is 1.15 bits per heavy atom. The summed E-state index contributed by atoms with van der Waals surface area (Å²) in [5, 5.41) is 10.1. The van der Waals surface area contributed by atoms with E-state index >= 15 is 0 Å². The minimum absolute atomic E-state index is 0.409. The molecule has 0 spiro atoms. The molecule has 102 valence electrons. The van der Waals surface area contributed by atoms with E-state index in [-0.39, 0.29) is 0 Å². The second-order valence-corrected chi connectivity index (χ2v) is 6.83. The molecule has 4 heteroatoms. The van der Waals surface area contributed by atoms with Gasteiger partial charge in [0.2, 0.25) is 0 Å². The maximum Gasteiger partial charge on any atom is 0.155 e. The molecule has 20 heavy (non-hydrogen) atoms. The van der Waals surface area contributed by atoms with Crippen LogP contribution in [-0.2, 0) is 0 Å². The second-order valence-electron chi connectivity index (χ2n) is 4.51. The van der Waals surface area contributed by atoms with Gasteiger partial charge in [-0.1, -0.05) is 49.0 Å². The number of aromatic nitrogens is 1. The van der Waals surface area contributed by atoms with Crippen LogP contribution in [0.1, 0.15) is 25.0 Å². The summed E-state index contributed by atoms with van der Waals surface area (Å²) in [6.45, 7) is 1.99. The van der Waals surface area contributed by atoms with Crippen molar-refractivity contribution in [2.24, 2.45) is 0 Å². The molecule has 3 rings (SSSR count). The zero-order valence-corrected chi connectivity index (χ0v) is 12.7. The lowest BCUT2D eigenvalue weighted by atomic mass is 10.1. The van der Waals surface area contributed by atoms with Crippen LogP contribution in [0.15, 0.2) is 57.8 Å². The molecule has 3 aromatic rings. The lowest BCUT2D eigenvalue weighted by Crippen LogP contribution is -1.96. The Balaban J connectivity index is 1.94. The highest BCUT2D eigenvalue weighted by atomic mass is 32.2. The zero-order valence-electron chi connectivity index (χ0n) is 11.1. The summed E-state index contributed by atoms with van der Waals surface area (Å²) in [5.41, 5.74) is 2.02. The minimum atomic E-state index is -0.409. The Hall–Kier alpha value is -1.36. The summed E-state index contributed by atoms with van der Waals surface area (Å²) < 4.78 is 2.21. The predicted octanol–water partition coefficient (Wildman–Crippen LogP) is 4.89. The molecular weight excluding hydrogens is 286 g/mol. The van der Waals surface area contributed by atoms with Gasteiger partial charge in [-0.25, -0.2) is 4.98 Å². The van der Waals surface area contributed by atoms with Gasteiger partial charge in [0.05, 0.1) is 16.3 Å². The number of aliphatic hydroxyl groups excluding tert-OH is 1. The van der Waals surface area contributed by atoms with Crippen molar-refractivity contribution in [3.63, 3.8) is 0 Å². The van der Waals surface area contributed by atoms with Gasteiger partial charge in [-0.15, -0.1) is 11.3 Å². The molecule has 2 nitrogen and oxygen atoms in total. The van der Waals surface area contributed by atoms with Crippen molar-refractivity contribution in [3.8, 4) is 0 Å². The number of rotatable bonds is 4. The highest BCUT2D eigenvalue weighted by Gasteiger charge is 2.13. The lowest BCUT2D eigenvalue weighted by Gasteiger charge is -2.12. The highest BCUT2D eigenvalue weighted by molar-refractivity contribution is 8.01. The Morgan fingerprint density at radius 2 is 1.90 bits per heavy atom. The van der Waals surface area contributed by atoms with Gasteiger partial charge in [0.15, 0.2) is 4.34 Å². The first-order valence-electron chi connectivity index (χ1n) is 6.58.